The van der Waals surface area contributed by atoms with Crippen LogP contribution >= 0.6 is 0 Å². The first kappa shape index (κ1) is 14.5. The van der Waals surface area contributed by atoms with Crippen LogP contribution in [-0.2, 0) is 6.42 Å². The number of rotatable bonds is 7. The fraction of sp³-hybridized carbons (Fsp3) is 0.867. The van der Waals surface area contributed by atoms with E-state index in [9.17, 15) is 0 Å². The molecule has 0 aliphatic heterocycles. The molecule has 2 rings (SSSR count). The van der Waals surface area contributed by atoms with Gasteiger partial charge in [-0.3, -0.25) is 0 Å². The lowest BCUT2D eigenvalue weighted by Crippen LogP contribution is -2.34. The second-order valence-corrected chi connectivity index (χ2v) is 6.06. The van der Waals surface area contributed by atoms with Crippen molar-refractivity contribution in [1.29, 1.82) is 0 Å². The van der Waals surface area contributed by atoms with E-state index in [0.717, 1.165) is 24.7 Å². The van der Waals surface area contributed by atoms with Crippen LogP contribution in [0, 0.1) is 5.92 Å². The van der Waals surface area contributed by atoms with Gasteiger partial charge >= 0.3 is 0 Å². The molecule has 4 heteroatoms. The quantitative estimate of drug-likeness (QED) is 0.823. The molecule has 1 aliphatic carbocycles. The summed E-state index contributed by atoms with van der Waals surface area (Å²) in [4.78, 5) is 4.45. The number of nitrogens with zero attached hydrogens (tertiary/aromatic N) is 3. The van der Waals surface area contributed by atoms with E-state index in [1.165, 1.54) is 32.1 Å². The number of hydrogen-bond donors (Lipinski definition) is 1. The average Bonchev–Trinajstić information content (AvgIpc) is 3.00. The number of aromatic nitrogens is 3. The van der Waals surface area contributed by atoms with Crippen molar-refractivity contribution < 1.29 is 0 Å². The molecule has 1 atom stereocenters. The summed E-state index contributed by atoms with van der Waals surface area (Å²) >= 11 is 0. The molecule has 1 aliphatic rings. The highest BCUT2D eigenvalue weighted by atomic mass is 15.3. The molecule has 1 unspecified atom stereocenters. The summed E-state index contributed by atoms with van der Waals surface area (Å²) in [6, 6.07) is 0.945. The molecule has 1 aromatic heterocycles. The maximum absolute atomic E-state index is 4.45. The fourth-order valence-electron chi connectivity index (χ4n) is 3.25. The molecule has 1 N–H and O–H groups in total. The predicted molar refractivity (Wildman–Crippen MR) is 78.2 cm³/mol. The molecule has 4 nitrogen and oxygen atoms in total. The van der Waals surface area contributed by atoms with Crippen LogP contribution in [-0.4, -0.2) is 27.4 Å². The maximum atomic E-state index is 4.45. The highest BCUT2D eigenvalue weighted by molar-refractivity contribution is 4.92. The van der Waals surface area contributed by atoms with Crippen molar-refractivity contribution in [3.63, 3.8) is 0 Å². The summed E-state index contributed by atoms with van der Waals surface area (Å²) in [6.07, 6.45) is 9.66. The highest BCUT2D eigenvalue weighted by Crippen LogP contribution is 2.29. The van der Waals surface area contributed by atoms with Crippen molar-refractivity contribution in [3.8, 4) is 0 Å². The smallest absolute Gasteiger partial charge is 0.138 e. The molecule has 0 aromatic carbocycles. The van der Waals surface area contributed by atoms with Crippen LogP contribution in [0.2, 0.25) is 0 Å². The Balaban J connectivity index is 1.96. The second-order valence-electron chi connectivity index (χ2n) is 6.06. The average molecular weight is 264 g/mol. The van der Waals surface area contributed by atoms with Gasteiger partial charge in [0, 0.05) is 18.5 Å². The second kappa shape index (κ2) is 7.04. The summed E-state index contributed by atoms with van der Waals surface area (Å²) in [5, 5.41) is 7.97. The van der Waals surface area contributed by atoms with Crippen molar-refractivity contribution in [1.82, 2.24) is 20.1 Å². The van der Waals surface area contributed by atoms with Crippen molar-refractivity contribution in [2.24, 2.45) is 5.92 Å². The summed E-state index contributed by atoms with van der Waals surface area (Å²) < 4.78 is 2.05. The molecule has 1 aromatic rings. The zero-order chi connectivity index (χ0) is 13.7. The van der Waals surface area contributed by atoms with Crippen LogP contribution in [0.3, 0.4) is 0 Å². The summed E-state index contributed by atoms with van der Waals surface area (Å²) in [5.74, 6) is 2.04. The zero-order valence-corrected chi connectivity index (χ0v) is 12.6. The van der Waals surface area contributed by atoms with Crippen molar-refractivity contribution in [2.75, 3.05) is 6.54 Å². The first-order valence-electron chi connectivity index (χ1n) is 7.82. The molecule has 0 amide bonds. The van der Waals surface area contributed by atoms with E-state index in [1.54, 1.807) is 6.33 Å². The van der Waals surface area contributed by atoms with Gasteiger partial charge in [-0.05, 0) is 32.7 Å². The van der Waals surface area contributed by atoms with E-state index in [-0.39, 0.29) is 0 Å². The number of nitrogens with one attached hydrogen (secondary N) is 1. The van der Waals surface area contributed by atoms with Gasteiger partial charge in [-0.2, -0.15) is 5.10 Å². The SMILES string of the molecule is CCNC(Cc1ncnn1C(C)C)CC1CCCC1. The lowest BCUT2D eigenvalue weighted by atomic mass is 9.96. The molecule has 1 heterocycles. The minimum atomic E-state index is 0.395. The van der Waals surface area contributed by atoms with Crippen molar-refractivity contribution >= 4 is 0 Å². The third-order valence-corrected chi connectivity index (χ3v) is 4.15. The third kappa shape index (κ3) is 4.03. The highest BCUT2D eigenvalue weighted by Gasteiger charge is 2.21. The number of likely N-dealkylation sites (N-methyl/N-ethyl adjacent to an activating group) is 1. The van der Waals surface area contributed by atoms with Gasteiger partial charge in [-0.15, -0.1) is 0 Å². The molecule has 0 spiro atoms. The standard InChI is InChI=1S/C15H28N4/c1-4-16-14(9-13-7-5-6-8-13)10-15-17-11-18-19(15)12(2)3/h11-14,16H,4-10H2,1-3H3. The van der Waals surface area contributed by atoms with E-state index >= 15 is 0 Å². The lowest BCUT2D eigenvalue weighted by molar-refractivity contribution is 0.376. The molecule has 0 saturated heterocycles. The first-order chi connectivity index (χ1) is 9.20. The van der Waals surface area contributed by atoms with Gasteiger partial charge in [0.15, 0.2) is 0 Å². The van der Waals surface area contributed by atoms with Crippen molar-refractivity contribution in [2.45, 2.75) is 71.4 Å². The lowest BCUT2D eigenvalue weighted by Gasteiger charge is -2.21. The molecule has 108 valence electrons. The van der Waals surface area contributed by atoms with Gasteiger partial charge in [-0.25, -0.2) is 9.67 Å². The van der Waals surface area contributed by atoms with E-state index in [2.05, 4.69) is 40.9 Å². The van der Waals surface area contributed by atoms with Crippen LogP contribution in [0.25, 0.3) is 0 Å². The largest absolute Gasteiger partial charge is 0.314 e. The van der Waals surface area contributed by atoms with Gasteiger partial charge < -0.3 is 5.32 Å². The van der Waals surface area contributed by atoms with Crippen LogP contribution in [0.5, 0.6) is 0 Å². The Labute approximate surface area is 117 Å². The van der Waals surface area contributed by atoms with E-state index in [0.29, 0.717) is 12.1 Å². The van der Waals surface area contributed by atoms with E-state index < -0.39 is 0 Å². The fourth-order valence-corrected chi connectivity index (χ4v) is 3.25. The van der Waals surface area contributed by atoms with Gasteiger partial charge in [-0.1, -0.05) is 32.6 Å². The molecule has 19 heavy (non-hydrogen) atoms. The predicted octanol–water partition coefficient (Wildman–Crippen LogP) is 2.96. The Morgan fingerprint density at radius 3 is 2.74 bits per heavy atom. The minimum Gasteiger partial charge on any atom is -0.314 e. The van der Waals surface area contributed by atoms with Crippen LogP contribution < -0.4 is 5.32 Å². The Hall–Kier alpha value is -0.900. The van der Waals surface area contributed by atoms with E-state index in [1.807, 2.05) is 0 Å². The van der Waals surface area contributed by atoms with E-state index in [4.69, 9.17) is 0 Å². The molecular weight excluding hydrogens is 236 g/mol. The molecule has 1 fully saturated rings. The van der Waals surface area contributed by atoms with Gasteiger partial charge in [0.1, 0.15) is 12.2 Å². The Morgan fingerprint density at radius 2 is 2.11 bits per heavy atom. The Bertz CT molecular complexity index is 366. The zero-order valence-electron chi connectivity index (χ0n) is 12.6. The summed E-state index contributed by atoms with van der Waals surface area (Å²) in [7, 11) is 0. The first-order valence-corrected chi connectivity index (χ1v) is 7.82. The Kier molecular flexibility index (Phi) is 5.37. The summed E-state index contributed by atoms with van der Waals surface area (Å²) in [5.41, 5.74) is 0. The third-order valence-electron chi connectivity index (χ3n) is 4.15. The molecule has 1 saturated carbocycles. The summed E-state index contributed by atoms with van der Waals surface area (Å²) in [6.45, 7) is 7.55. The van der Waals surface area contributed by atoms with Gasteiger partial charge in [0.05, 0.1) is 0 Å². The normalized spacial score (nSPS) is 18.3. The van der Waals surface area contributed by atoms with Gasteiger partial charge in [0.25, 0.3) is 0 Å². The van der Waals surface area contributed by atoms with Crippen LogP contribution in [0.1, 0.15) is 64.7 Å². The maximum Gasteiger partial charge on any atom is 0.138 e. The molecule has 0 radical (unpaired) electrons. The minimum absolute atomic E-state index is 0.395. The monoisotopic (exact) mass is 264 g/mol. The van der Waals surface area contributed by atoms with Crippen LogP contribution in [0.4, 0.5) is 0 Å². The van der Waals surface area contributed by atoms with Crippen molar-refractivity contribution in [3.05, 3.63) is 12.2 Å². The molecular formula is C15H28N4. The van der Waals surface area contributed by atoms with Gasteiger partial charge in [0.2, 0.25) is 0 Å². The Morgan fingerprint density at radius 1 is 1.37 bits per heavy atom. The molecule has 0 bridgehead atoms. The topological polar surface area (TPSA) is 42.7 Å². The van der Waals surface area contributed by atoms with Crippen LogP contribution in [0.15, 0.2) is 6.33 Å². The number of hydrogen-bond acceptors (Lipinski definition) is 3.